The second-order valence-electron chi connectivity index (χ2n) is 9.15. The van der Waals surface area contributed by atoms with Gasteiger partial charge in [-0.15, -0.1) is 5.10 Å². The first-order valence-corrected chi connectivity index (χ1v) is 11.2. The molecule has 4 heterocycles. The van der Waals surface area contributed by atoms with E-state index in [0.29, 0.717) is 28.8 Å². The van der Waals surface area contributed by atoms with Crippen molar-refractivity contribution in [1.82, 2.24) is 30.1 Å². The molecule has 3 saturated carbocycles. The fourth-order valence-electron chi connectivity index (χ4n) is 4.84. The first-order valence-electron chi connectivity index (χ1n) is 11.2. The lowest BCUT2D eigenvalue weighted by Crippen LogP contribution is -2.68. The third-order valence-electron chi connectivity index (χ3n) is 6.62. The number of alkyl carbamates (subject to hydrolysis) is 1. The van der Waals surface area contributed by atoms with E-state index in [9.17, 15) is 13.6 Å². The number of aromatic nitrogens is 5. The molecule has 0 unspecified atom stereocenters. The first kappa shape index (κ1) is 21.9. The van der Waals surface area contributed by atoms with Crippen molar-refractivity contribution in [3.8, 4) is 5.88 Å². The fourth-order valence-corrected chi connectivity index (χ4v) is 4.84. The number of hydrogen-bond acceptors (Lipinski definition) is 8. The van der Waals surface area contributed by atoms with Gasteiger partial charge in [0, 0.05) is 30.1 Å². The second-order valence-corrected chi connectivity index (χ2v) is 9.15. The maximum atomic E-state index is 15.0. The van der Waals surface area contributed by atoms with Crippen molar-refractivity contribution < 1.29 is 32.2 Å². The van der Waals surface area contributed by atoms with Gasteiger partial charge in [0.25, 0.3) is 6.43 Å². The summed E-state index contributed by atoms with van der Waals surface area (Å²) >= 11 is 0. The Labute approximate surface area is 196 Å². The number of amides is 1. The number of hydrogen-bond donors (Lipinski definition) is 3. The van der Waals surface area contributed by atoms with Crippen LogP contribution in [0.2, 0.25) is 0 Å². The number of rotatable bonds is 8. The quantitative estimate of drug-likeness (QED) is 0.437. The third kappa shape index (κ3) is 4.11. The van der Waals surface area contributed by atoms with Crippen LogP contribution in [0.3, 0.4) is 0 Å². The summed E-state index contributed by atoms with van der Waals surface area (Å²) in [6.07, 6.45) is -0.956. The molecule has 14 heteroatoms. The average molecular weight is 493 g/mol. The van der Waals surface area contributed by atoms with Gasteiger partial charge in [0.1, 0.15) is 11.6 Å². The van der Waals surface area contributed by atoms with Crippen molar-refractivity contribution in [3.05, 3.63) is 30.2 Å². The van der Waals surface area contributed by atoms with Crippen molar-refractivity contribution >= 4 is 23.2 Å². The van der Waals surface area contributed by atoms with Gasteiger partial charge < -0.3 is 24.8 Å². The Morgan fingerprint density at radius 3 is 2.91 bits per heavy atom. The van der Waals surface area contributed by atoms with Crippen LogP contribution in [-0.4, -0.2) is 68.3 Å². The Kier molecular flexibility index (Phi) is 5.20. The lowest BCUT2D eigenvalue weighted by molar-refractivity contribution is -0.0528. The molecule has 0 spiro atoms. The van der Waals surface area contributed by atoms with E-state index in [2.05, 4.69) is 30.9 Å². The smallest absolute Gasteiger partial charge is 0.408 e. The zero-order chi connectivity index (χ0) is 24.2. The number of aromatic amines is 1. The number of halogens is 3. The summed E-state index contributed by atoms with van der Waals surface area (Å²) in [4.78, 5) is 16.4. The Morgan fingerprint density at radius 1 is 1.34 bits per heavy atom. The summed E-state index contributed by atoms with van der Waals surface area (Å²) in [5.41, 5.74) is 0.663. The maximum Gasteiger partial charge on any atom is 0.408 e. The summed E-state index contributed by atoms with van der Waals surface area (Å²) < 4.78 is 57.0. The molecular weight excluding hydrogens is 471 g/mol. The lowest BCUT2D eigenvalue weighted by atomic mass is 9.50. The van der Waals surface area contributed by atoms with Gasteiger partial charge in [0.15, 0.2) is 30.5 Å². The minimum absolute atomic E-state index is 0.0211. The molecule has 1 aliphatic heterocycles. The number of carbonyl (C=O) groups excluding carboxylic acids is 1. The zero-order valence-corrected chi connectivity index (χ0v) is 18.3. The normalized spacial score (nSPS) is 29.0. The lowest BCUT2D eigenvalue weighted by Gasteiger charge is -2.61. The van der Waals surface area contributed by atoms with Gasteiger partial charge in [-0.25, -0.2) is 27.5 Å². The summed E-state index contributed by atoms with van der Waals surface area (Å²) in [7, 11) is 0. The summed E-state index contributed by atoms with van der Waals surface area (Å²) in [6, 6.07) is 3.01. The standard InChI is InChI=1S/C21H22F3N7O4/c22-14(23)9-33-16-4-12-19(25-1-2-31(12)30-16)26-15-3-11(28-29-15)18-17(24)13(8-34-18)35-20(32)27-21-5-10(6-21)7-21/h1-4,10,13-14,17-18H,5-9H2,(H,27,32)(H2,25,26,28,29)/t10?,13-,17+,18-,21?/m0/s1. The molecule has 0 radical (unpaired) electrons. The molecule has 2 bridgehead atoms. The molecule has 4 fully saturated rings. The number of H-pyrrole nitrogens is 1. The van der Waals surface area contributed by atoms with Crippen LogP contribution >= 0.6 is 0 Å². The first-order chi connectivity index (χ1) is 16.9. The van der Waals surface area contributed by atoms with Gasteiger partial charge in [0.05, 0.1) is 12.3 Å². The van der Waals surface area contributed by atoms with Gasteiger partial charge in [-0.05, 0) is 25.2 Å². The fraction of sp³-hybridized carbons (Fsp3) is 0.524. The molecule has 0 aromatic carbocycles. The Balaban J connectivity index is 1.09. The number of fused-ring (bicyclic) bond motifs is 1. The molecule has 35 heavy (non-hydrogen) atoms. The van der Waals surface area contributed by atoms with E-state index in [0.717, 1.165) is 19.3 Å². The molecule has 1 amide bonds. The zero-order valence-electron chi connectivity index (χ0n) is 18.3. The van der Waals surface area contributed by atoms with Crippen LogP contribution in [-0.2, 0) is 9.47 Å². The molecule has 186 valence electrons. The Morgan fingerprint density at radius 2 is 2.17 bits per heavy atom. The monoisotopic (exact) mass is 493 g/mol. The number of alkyl halides is 3. The van der Waals surface area contributed by atoms with Crippen LogP contribution in [0.5, 0.6) is 5.88 Å². The van der Waals surface area contributed by atoms with Crippen molar-refractivity contribution in [2.45, 2.75) is 49.6 Å². The van der Waals surface area contributed by atoms with E-state index in [1.165, 1.54) is 23.0 Å². The van der Waals surface area contributed by atoms with E-state index in [1.807, 2.05) is 0 Å². The highest BCUT2D eigenvalue weighted by Gasteiger charge is 2.58. The van der Waals surface area contributed by atoms with Crippen molar-refractivity contribution in [3.63, 3.8) is 0 Å². The predicted octanol–water partition coefficient (Wildman–Crippen LogP) is 2.90. The molecule has 3 aromatic heterocycles. The van der Waals surface area contributed by atoms with Gasteiger partial charge in [-0.2, -0.15) is 5.10 Å². The highest BCUT2D eigenvalue weighted by Crippen LogP contribution is 2.57. The van der Waals surface area contributed by atoms with Crippen molar-refractivity contribution in [2.24, 2.45) is 5.92 Å². The average Bonchev–Trinajstić information content (AvgIpc) is 3.48. The van der Waals surface area contributed by atoms with Crippen LogP contribution < -0.4 is 15.4 Å². The molecular formula is C21H22F3N7O4. The van der Waals surface area contributed by atoms with E-state index in [1.54, 1.807) is 6.07 Å². The van der Waals surface area contributed by atoms with Crippen LogP contribution in [0.1, 0.15) is 31.1 Å². The van der Waals surface area contributed by atoms with E-state index >= 15 is 4.39 Å². The molecule has 4 aliphatic rings. The van der Waals surface area contributed by atoms with Crippen LogP contribution in [0.15, 0.2) is 24.5 Å². The summed E-state index contributed by atoms with van der Waals surface area (Å²) in [6.45, 7) is -0.850. The number of carbonyl (C=O) groups is 1. The topological polar surface area (TPSA) is 128 Å². The Hall–Kier alpha value is -3.55. The van der Waals surface area contributed by atoms with E-state index in [4.69, 9.17) is 14.2 Å². The molecule has 3 N–H and O–H groups in total. The van der Waals surface area contributed by atoms with Gasteiger partial charge >= 0.3 is 6.09 Å². The third-order valence-corrected chi connectivity index (χ3v) is 6.62. The minimum Gasteiger partial charge on any atom is -0.471 e. The molecule has 7 rings (SSSR count). The highest BCUT2D eigenvalue weighted by atomic mass is 19.3. The molecule has 11 nitrogen and oxygen atoms in total. The number of anilines is 2. The van der Waals surface area contributed by atoms with Crippen LogP contribution in [0.4, 0.5) is 29.6 Å². The van der Waals surface area contributed by atoms with Crippen LogP contribution in [0.25, 0.3) is 5.52 Å². The Bertz CT molecular complexity index is 1230. The number of nitrogens with zero attached hydrogens (tertiary/aromatic N) is 4. The largest absolute Gasteiger partial charge is 0.471 e. The van der Waals surface area contributed by atoms with Crippen LogP contribution in [0, 0.1) is 5.92 Å². The predicted molar refractivity (Wildman–Crippen MR) is 113 cm³/mol. The summed E-state index contributed by atoms with van der Waals surface area (Å²) in [5.74, 6) is 1.37. The molecule has 3 aromatic rings. The van der Waals surface area contributed by atoms with Gasteiger partial charge in [0.2, 0.25) is 5.88 Å². The minimum atomic E-state index is -2.62. The summed E-state index contributed by atoms with van der Waals surface area (Å²) in [5, 5.41) is 16.7. The van der Waals surface area contributed by atoms with Crippen molar-refractivity contribution in [2.75, 3.05) is 18.5 Å². The van der Waals surface area contributed by atoms with Gasteiger partial charge in [-0.3, -0.25) is 5.10 Å². The SMILES string of the molecule is O=C(NC12CC(C1)C2)O[C@H]1CO[C@@H](c2cc(Nc3nccn4nc(OCC(F)F)cc34)n[nH]2)[C@@H]1F. The molecule has 1 saturated heterocycles. The second kappa shape index (κ2) is 8.29. The van der Waals surface area contributed by atoms with E-state index in [-0.39, 0.29) is 18.0 Å². The number of ether oxygens (including phenoxy) is 3. The molecule has 3 aliphatic carbocycles. The van der Waals surface area contributed by atoms with Crippen molar-refractivity contribution in [1.29, 1.82) is 0 Å². The maximum absolute atomic E-state index is 15.0. The number of nitrogens with one attached hydrogen (secondary N) is 3. The molecule has 3 atom stereocenters. The van der Waals surface area contributed by atoms with E-state index < -0.39 is 37.5 Å². The van der Waals surface area contributed by atoms with Gasteiger partial charge in [-0.1, -0.05) is 0 Å². The highest BCUT2D eigenvalue weighted by molar-refractivity contribution is 5.73.